The van der Waals surface area contributed by atoms with Gasteiger partial charge in [-0.25, -0.2) is 0 Å². The van der Waals surface area contributed by atoms with Crippen molar-refractivity contribution in [3.8, 4) is 0 Å². The summed E-state index contributed by atoms with van der Waals surface area (Å²) in [7, 11) is 0. The second kappa shape index (κ2) is 11.9. The van der Waals surface area contributed by atoms with Crippen LogP contribution in [0.1, 0.15) is 24.9 Å². The van der Waals surface area contributed by atoms with Crippen molar-refractivity contribution < 1.29 is 9.53 Å². The predicted octanol–water partition coefficient (Wildman–Crippen LogP) is 2.41. The van der Waals surface area contributed by atoms with Crippen molar-refractivity contribution in [2.75, 3.05) is 32.8 Å². The summed E-state index contributed by atoms with van der Waals surface area (Å²) in [5.74, 6) is -0.0275. The summed E-state index contributed by atoms with van der Waals surface area (Å²) < 4.78 is 5.42. The second-order valence-electron chi connectivity index (χ2n) is 5.67. The lowest BCUT2D eigenvalue weighted by Crippen LogP contribution is -2.44. The summed E-state index contributed by atoms with van der Waals surface area (Å²) in [4.78, 5) is 14.2. The summed E-state index contributed by atoms with van der Waals surface area (Å²) in [6.07, 6.45) is 0.332. The van der Waals surface area contributed by atoms with E-state index in [2.05, 4.69) is 10.2 Å². The normalized spacial score (nSPS) is 17.1. The number of nitrogens with zero attached hydrogens (tertiary/aromatic N) is 1. The van der Waals surface area contributed by atoms with Crippen molar-refractivity contribution in [2.24, 2.45) is 5.73 Å². The summed E-state index contributed by atoms with van der Waals surface area (Å²) in [6, 6.07) is 7.70. The van der Waals surface area contributed by atoms with E-state index in [1.165, 1.54) is 0 Å². The van der Waals surface area contributed by atoms with Crippen LogP contribution in [-0.2, 0) is 9.53 Å². The summed E-state index contributed by atoms with van der Waals surface area (Å²) in [5.41, 5.74) is 6.70. The van der Waals surface area contributed by atoms with Crippen LogP contribution in [0.5, 0.6) is 0 Å². The Labute approximate surface area is 161 Å². The van der Waals surface area contributed by atoms with Gasteiger partial charge in [0.1, 0.15) is 0 Å². The number of morpholine rings is 1. The van der Waals surface area contributed by atoms with E-state index in [0.29, 0.717) is 26.2 Å². The van der Waals surface area contributed by atoms with Gasteiger partial charge in [0.25, 0.3) is 0 Å². The highest BCUT2D eigenvalue weighted by atomic mass is 35.5. The minimum atomic E-state index is -0.137. The maximum absolute atomic E-state index is 11.9. The molecule has 2 rings (SSSR count). The van der Waals surface area contributed by atoms with Gasteiger partial charge in [-0.1, -0.05) is 29.8 Å². The van der Waals surface area contributed by atoms with E-state index in [9.17, 15) is 4.79 Å². The monoisotopic (exact) mass is 397 g/mol. The van der Waals surface area contributed by atoms with Gasteiger partial charge >= 0.3 is 0 Å². The lowest BCUT2D eigenvalue weighted by Gasteiger charge is -2.35. The number of hydrogen-bond donors (Lipinski definition) is 2. The Bertz CT molecular complexity index is 497. The van der Waals surface area contributed by atoms with Gasteiger partial charge in [-0.2, -0.15) is 0 Å². The summed E-state index contributed by atoms with van der Waals surface area (Å²) in [6.45, 7) is 5.42. The summed E-state index contributed by atoms with van der Waals surface area (Å²) >= 11 is 6.35. The molecular formula is C16H26Cl3N3O2. The minimum Gasteiger partial charge on any atom is -0.379 e. The number of amides is 1. The van der Waals surface area contributed by atoms with Gasteiger partial charge in [0, 0.05) is 37.1 Å². The zero-order valence-corrected chi connectivity index (χ0v) is 16.1. The fraction of sp³-hybridized carbons (Fsp3) is 0.562. The number of rotatable bonds is 6. The Morgan fingerprint density at radius 1 is 1.33 bits per heavy atom. The number of carbonyl (C=O) groups excluding carboxylic acids is 1. The molecule has 1 aliphatic rings. The van der Waals surface area contributed by atoms with E-state index < -0.39 is 0 Å². The largest absolute Gasteiger partial charge is 0.379 e. The van der Waals surface area contributed by atoms with E-state index >= 15 is 0 Å². The molecule has 1 aromatic rings. The number of ether oxygens (including phenoxy) is 1. The van der Waals surface area contributed by atoms with E-state index in [-0.39, 0.29) is 42.8 Å². The van der Waals surface area contributed by atoms with Gasteiger partial charge in [-0.05, 0) is 18.6 Å². The molecule has 0 aliphatic carbocycles. The molecule has 5 nitrogen and oxygen atoms in total. The van der Waals surface area contributed by atoms with Crippen molar-refractivity contribution in [2.45, 2.75) is 25.4 Å². The van der Waals surface area contributed by atoms with Crippen molar-refractivity contribution in [1.82, 2.24) is 10.2 Å². The van der Waals surface area contributed by atoms with Crippen LogP contribution in [0.3, 0.4) is 0 Å². The Balaban J connectivity index is 0.00000264. The van der Waals surface area contributed by atoms with Crippen LogP contribution in [0.4, 0.5) is 0 Å². The number of halogens is 3. The van der Waals surface area contributed by atoms with Crippen LogP contribution in [0.2, 0.25) is 5.02 Å². The third kappa shape index (κ3) is 7.13. The molecule has 8 heteroatoms. The third-order valence-electron chi connectivity index (χ3n) is 3.75. The van der Waals surface area contributed by atoms with Gasteiger partial charge in [0.2, 0.25) is 5.91 Å². The van der Waals surface area contributed by atoms with Gasteiger partial charge in [0.15, 0.2) is 0 Å². The highest BCUT2D eigenvalue weighted by Crippen LogP contribution is 2.27. The number of hydrogen-bond acceptors (Lipinski definition) is 4. The maximum atomic E-state index is 11.9. The first-order chi connectivity index (χ1) is 10.6. The van der Waals surface area contributed by atoms with Crippen LogP contribution in [0.25, 0.3) is 0 Å². The lowest BCUT2D eigenvalue weighted by molar-refractivity contribution is -0.121. The highest BCUT2D eigenvalue weighted by Gasteiger charge is 2.24. The molecule has 2 atom stereocenters. The third-order valence-corrected chi connectivity index (χ3v) is 4.09. The van der Waals surface area contributed by atoms with Gasteiger partial charge < -0.3 is 15.8 Å². The molecular weight excluding hydrogens is 373 g/mol. The molecule has 24 heavy (non-hydrogen) atoms. The molecule has 1 aliphatic heterocycles. The number of carbonyl (C=O) groups is 1. The molecule has 1 heterocycles. The Kier molecular flexibility index (Phi) is 11.6. The van der Waals surface area contributed by atoms with Crippen molar-refractivity contribution in [3.63, 3.8) is 0 Å². The Morgan fingerprint density at radius 3 is 2.54 bits per heavy atom. The molecule has 0 radical (unpaired) electrons. The SMILES string of the molecule is CC(N)CC(=O)NCC(c1ccccc1Cl)N1CCOCC1.Cl.Cl. The molecule has 1 fully saturated rings. The van der Waals surface area contributed by atoms with Gasteiger partial charge in [-0.15, -0.1) is 24.8 Å². The fourth-order valence-corrected chi connectivity index (χ4v) is 2.91. The average Bonchev–Trinajstić information content (AvgIpc) is 2.49. The van der Waals surface area contributed by atoms with Crippen molar-refractivity contribution in [3.05, 3.63) is 34.9 Å². The van der Waals surface area contributed by atoms with Crippen LogP contribution in [0, 0.1) is 0 Å². The lowest BCUT2D eigenvalue weighted by atomic mass is 10.0. The molecule has 0 bridgehead atoms. The Morgan fingerprint density at radius 2 is 1.96 bits per heavy atom. The van der Waals surface area contributed by atoms with Crippen LogP contribution in [-0.4, -0.2) is 49.7 Å². The van der Waals surface area contributed by atoms with Gasteiger partial charge in [0.05, 0.1) is 19.3 Å². The molecule has 2 unspecified atom stereocenters. The number of nitrogens with one attached hydrogen (secondary N) is 1. The number of nitrogens with two attached hydrogens (primary N) is 1. The smallest absolute Gasteiger partial charge is 0.221 e. The molecule has 0 spiro atoms. The quantitative estimate of drug-likeness (QED) is 0.772. The van der Waals surface area contributed by atoms with E-state index in [4.69, 9.17) is 22.1 Å². The van der Waals surface area contributed by atoms with Crippen LogP contribution < -0.4 is 11.1 Å². The van der Waals surface area contributed by atoms with Gasteiger partial charge in [-0.3, -0.25) is 9.69 Å². The molecule has 3 N–H and O–H groups in total. The van der Waals surface area contributed by atoms with Crippen molar-refractivity contribution in [1.29, 1.82) is 0 Å². The first-order valence-corrected chi connectivity index (χ1v) is 8.04. The van der Waals surface area contributed by atoms with E-state index in [1.54, 1.807) is 0 Å². The molecule has 1 aromatic carbocycles. The first kappa shape index (κ1) is 23.4. The zero-order chi connectivity index (χ0) is 15.9. The number of benzene rings is 1. The van der Waals surface area contributed by atoms with E-state index in [1.807, 2.05) is 31.2 Å². The molecule has 1 saturated heterocycles. The molecule has 0 saturated carbocycles. The average molecular weight is 399 g/mol. The maximum Gasteiger partial charge on any atom is 0.221 e. The standard InChI is InChI=1S/C16H24ClN3O2.2ClH/c1-12(18)10-16(21)19-11-15(20-6-8-22-9-7-20)13-4-2-3-5-14(13)17;;/h2-5,12,15H,6-11,18H2,1H3,(H,19,21);2*1H. The zero-order valence-electron chi connectivity index (χ0n) is 13.7. The van der Waals surface area contributed by atoms with E-state index in [0.717, 1.165) is 23.7 Å². The molecule has 1 amide bonds. The fourth-order valence-electron chi connectivity index (χ4n) is 2.65. The van der Waals surface area contributed by atoms with Crippen molar-refractivity contribution >= 4 is 42.3 Å². The van der Waals surface area contributed by atoms with Crippen LogP contribution >= 0.6 is 36.4 Å². The highest BCUT2D eigenvalue weighted by molar-refractivity contribution is 6.31. The first-order valence-electron chi connectivity index (χ1n) is 7.66. The summed E-state index contributed by atoms with van der Waals surface area (Å²) in [5, 5.41) is 3.70. The molecule has 138 valence electrons. The molecule has 0 aromatic heterocycles. The second-order valence-corrected chi connectivity index (χ2v) is 6.08. The topological polar surface area (TPSA) is 67.6 Å². The van der Waals surface area contributed by atoms with Crippen LogP contribution in [0.15, 0.2) is 24.3 Å². The minimum absolute atomic E-state index is 0. The predicted molar refractivity (Wildman–Crippen MR) is 102 cm³/mol. The Hall–Kier alpha value is -0.560.